The lowest BCUT2D eigenvalue weighted by atomic mass is 9.94. The molecule has 2 aliphatic rings. The van der Waals surface area contributed by atoms with Crippen molar-refractivity contribution in [1.82, 2.24) is 10.2 Å². The number of benzene rings is 2. The fraction of sp³-hybridized carbons (Fsp3) is 0.423. The summed E-state index contributed by atoms with van der Waals surface area (Å²) in [5.41, 5.74) is 1.84. The highest BCUT2D eigenvalue weighted by Gasteiger charge is 2.39. The van der Waals surface area contributed by atoms with Crippen molar-refractivity contribution in [2.75, 3.05) is 26.1 Å². The van der Waals surface area contributed by atoms with Gasteiger partial charge in [0.25, 0.3) is 5.91 Å². The number of ether oxygens (including phenoxy) is 3. The van der Waals surface area contributed by atoms with E-state index in [0.717, 1.165) is 11.3 Å². The van der Waals surface area contributed by atoms with Crippen molar-refractivity contribution in [3.63, 3.8) is 0 Å². The van der Waals surface area contributed by atoms with E-state index in [9.17, 15) is 14.4 Å². The van der Waals surface area contributed by atoms with E-state index in [1.807, 2.05) is 24.3 Å². The average Bonchev–Trinajstić information content (AvgIpc) is 2.85. The van der Waals surface area contributed by atoms with Gasteiger partial charge in [0, 0.05) is 31.8 Å². The zero-order valence-electron chi connectivity index (χ0n) is 20.2. The molecule has 9 nitrogen and oxygen atoms in total. The first-order valence-electron chi connectivity index (χ1n) is 11.7. The summed E-state index contributed by atoms with van der Waals surface area (Å²) in [6, 6.07) is 12.4. The number of fused-ring (bicyclic) bond motifs is 2. The number of likely N-dealkylation sites (N-methyl/N-ethyl adjacent to an activating group) is 1. The molecule has 0 unspecified atom stereocenters. The summed E-state index contributed by atoms with van der Waals surface area (Å²) in [6.45, 7) is 2.05. The first-order valence-corrected chi connectivity index (χ1v) is 11.7. The lowest BCUT2D eigenvalue weighted by Gasteiger charge is -2.42. The minimum Gasteiger partial charge on any atom is -0.496 e. The van der Waals surface area contributed by atoms with Crippen LogP contribution in [0, 0.1) is 0 Å². The number of hydrogen-bond donors (Lipinski definition) is 2. The van der Waals surface area contributed by atoms with Gasteiger partial charge in [-0.25, -0.2) is 0 Å². The van der Waals surface area contributed by atoms with Crippen molar-refractivity contribution in [1.29, 1.82) is 0 Å². The predicted molar refractivity (Wildman–Crippen MR) is 129 cm³/mol. The standard InChI is InChI=1S/C26H31N3O6/c1-16(30)28-18-8-11-23-20(12-18)26(32)29(2)21-10-9-19(35-24(21)15-34-23)13-25(31)27-14-17-6-4-5-7-22(17)33-3/h4-8,11-12,19,21,24H,9-10,13-15H2,1-3H3,(H,27,31)(H,28,30)/t19-,21-,24-/m1/s1. The quantitative estimate of drug-likeness (QED) is 0.657. The Morgan fingerprint density at radius 3 is 2.74 bits per heavy atom. The molecule has 35 heavy (non-hydrogen) atoms. The van der Waals surface area contributed by atoms with Crippen LogP contribution in [0.15, 0.2) is 42.5 Å². The van der Waals surface area contributed by atoms with E-state index in [1.165, 1.54) is 6.92 Å². The number of amides is 3. The van der Waals surface area contributed by atoms with Crippen LogP contribution in [0.3, 0.4) is 0 Å². The van der Waals surface area contributed by atoms with E-state index in [1.54, 1.807) is 37.3 Å². The van der Waals surface area contributed by atoms with Gasteiger partial charge in [0.2, 0.25) is 11.8 Å². The van der Waals surface area contributed by atoms with Crippen LogP contribution in [0.5, 0.6) is 11.5 Å². The highest BCUT2D eigenvalue weighted by atomic mass is 16.5. The Hall–Kier alpha value is -3.59. The molecule has 0 bridgehead atoms. The fourth-order valence-electron chi connectivity index (χ4n) is 4.63. The topological polar surface area (TPSA) is 106 Å². The second-order valence-corrected chi connectivity index (χ2v) is 8.85. The van der Waals surface area contributed by atoms with Crippen molar-refractivity contribution in [3.8, 4) is 11.5 Å². The number of hydrogen-bond acceptors (Lipinski definition) is 6. The van der Waals surface area contributed by atoms with Gasteiger partial charge in [-0.15, -0.1) is 0 Å². The number of para-hydroxylation sites is 1. The van der Waals surface area contributed by atoms with Gasteiger partial charge in [-0.3, -0.25) is 14.4 Å². The number of carbonyl (C=O) groups excluding carboxylic acids is 3. The summed E-state index contributed by atoms with van der Waals surface area (Å²) in [4.78, 5) is 38.9. The number of carbonyl (C=O) groups is 3. The average molecular weight is 482 g/mol. The molecule has 2 aromatic rings. The largest absolute Gasteiger partial charge is 0.496 e. The summed E-state index contributed by atoms with van der Waals surface area (Å²) in [7, 11) is 3.36. The molecule has 2 aromatic carbocycles. The Bertz CT molecular complexity index is 1100. The van der Waals surface area contributed by atoms with E-state index in [2.05, 4.69) is 10.6 Å². The third-order valence-corrected chi connectivity index (χ3v) is 6.41. The molecule has 3 amide bonds. The van der Waals surface area contributed by atoms with E-state index in [4.69, 9.17) is 14.2 Å². The molecule has 9 heteroatoms. The number of nitrogens with one attached hydrogen (secondary N) is 2. The Kier molecular flexibility index (Phi) is 7.55. The van der Waals surface area contributed by atoms with Gasteiger partial charge in [-0.1, -0.05) is 18.2 Å². The predicted octanol–water partition coefficient (Wildman–Crippen LogP) is 2.74. The van der Waals surface area contributed by atoms with E-state index in [-0.39, 0.29) is 49.0 Å². The van der Waals surface area contributed by atoms with Gasteiger partial charge in [0.15, 0.2) is 0 Å². The fourth-order valence-corrected chi connectivity index (χ4v) is 4.63. The third kappa shape index (κ3) is 5.74. The van der Waals surface area contributed by atoms with E-state index < -0.39 is 0 Å². The molecular formula is C26H31N3O6. The van der Waals surface area contributed by atoms with Crippen molar-refractivity contribution >= 4 is 23.4 Å². The molecule has 186 valence electrons. The van der Waals surface area contributed by atoms with Crippen LogP contribution in [0.25, 0.3) is 0 Å². The molecule has 1 fully saturated rings. The number of methoxy groups -OCH3 is 1. The first kappa shape index (κ1) is 24.5. The molecule has 2 N–H and O–H groups in total. The molecular weight excluding hydrogens is 450 g/mol. The second-order valence-electron chi connectivity index (χ2n) is 8.85. The smallest absolute Gasteiger partial charge is 0.257 e. The molecule has 2 aliphatic heterocycles. The molecule has 0 saturated carbocycles. The zero-order valence-corrected chi connectivity index (χ0v) is 20.2. The van der Waals surface area contributed by atoms with Crippen LogP contribution in [0.2, 0.25) is 0 Å². The van der Waals surface area contributed by atoms with Crippen molar-refractivity contribution < 1.29 is 28.6 Å². The molecule has 2 heterocycles. The van der Waals surface area contributed by atoms with Crippen molar-refractivity contribution in [3.05, 3.63) is 53.6 Å². The maximum atomic E-state index is 13.2. The SMILES string of the molecule is COc1ccccc1CNC(=O)C[C@H]1CC[C@@H]2[C@@H](COc3ccc(NC(C)=O)cc3C(=O)N2C)O1. The maximum absolute atomic E-state index is 13.2. The molecule has 0 aliphatic carbocycles. The Morgan fingerprint density at radius 1 is 1.17 bits per heavy atom. The highest BCUT2D eigenvalue weighted by molar-refractivity contribution is 5.99. The van der Waals surface area contributed by atoms with Crippen LogP contribution >= 0.6 is 0 Å². The lowest BCUT2D eigenvalue weighted by molar-refractivity contribution is -0.134. The summed E-state index contributed by atoms with van der Waals surface area (Å²) >= 11 is 0. The van der Waals surface area contributed by atoms with Gasteiger partial charge in [-0.2, -0.15) is 0 Å². The summed E-state index contributed by atoms with van der Waals surface area (Å²) in [6.07, 6.45) is 0.961. The minimum absolute atomic E-state index is 0.105. The van der Waals surface area contributed by atoms with E-state index in [0.29, 0.717) is 36.4 Å². The van der Waals surface area contributed by atoms with Crippen LogP contribution in [-0.4, -0.2) is 61.6 Å². The Labute approximate surface area is 204 Å². The van der Waals surface area contributed by atoms with Gasteiger partial charge in [0.05, 0.1) is 31.2 Å². The number of anilines is 1. The minimum atomic E-state index is -0.354. The summed E-state index contributed by atoms with van der Waals surface area (Å²) < 4.78 is 17.5. The molecule has 1 saturated heterocycles. The van der Waals surface area contributed by atoms with Crippen LogP contribution < -0.4 is 20.1 Å². The Balaban J connectivity index is 1.38. The number of rotatable bonds is 6. The van der Waals surface area contributed by atoms with Gasteiger partial charge in [-0.05, 0) is 37.1 Å². The molecule has 0 aromatic heterocycles. The molecule has 3 atom stereocenters. The monoisotopic (exact) mass is 481 g/mol. The molecule has 0 spiro atoms. The van der Waals surface area contributed by atoms with Crippen LogP contribution in [0.1, 0.15) is 42.1 Å². The second kappa shape index (κ2) is 10.8. The van der Waals surface area contributed by atoms with Crippen molar-refractivity contribution in [2.45, 2.75) is 51.0 Å². The molecule has 4 rings (SSSR count). The maximum Gasteiger partial charge on any atom is 0.257 e. The lowest BCUT2D eigenvalue weighted by Crippen LogP contribution is -2.53. The normalized spacial score (nSPS) is 21.5. The van der Waals surface area contributed by atoms with Gasteiger partial charge >= 0.3 is 0 Å². The van der Waals surface area contributed by atoms with Crippen LogP contribution in [0.4, 0.5) is 5.69 Å². The van der Waals surface area contributed by atoms with Gasteiger partial charge in [0.1, 0.15) is 24.2 Å². The van der Waals surface area contributed by atoms with Crippen LogP contribution in [-0.2, 0) is 20.9 Å². The van der Waals surface area contributed by atoms with Gasteiger partial charge < -0.3 is 29.7 Å². The Morgan fingerprint density at radius 2 is 1.97 bits per heavy atom. The zero-order chi connectivity index (χ0) is 24.9. The molecule has 0 radical (unpaired) electrons. The highest BCUT2D eigenvalue weighted by Crippen LogP contribution is 2.32. The summed E-state index contributed by atoms with van der Waals surface area (Å²) in [5, 5.41) is 5.64. The summed E-state index contributed by atoms with van der Waals surface area (Å²) in [5.74, 6) is 0.657. The first-order chi connectivity index (χ1) is 16.9. The van der Waals surface area contributed by atoms with E-state index >= 15 is 0 Å². The third-order valence-electron chi connectivity index (χ3n) is 6.41. The van der Waals surface area contributed by atoms with Crippen molar-refractivity contribution in [2.24, 2.45) is 0 Å². The number of nitrogens with zero attached hydrogens (tertiary/aromatic N) is 1.